The second-order valence-corrected chi connectivity index (χ2v) is 16.6. The average molecular weight is 819 g/mol. The Morgan fingerprint density at radius 2 is 1.65 bits per heavy atom. The van der Waals surface area contributed by atoms with Crippen LogP contribution in [-0.2, 0) is 9.59 Å². The lowest BCUT2D eigenvalue weighted by Gasteiger charge is -2.49. The van der Waals surface area contributed by atoms with Gasteiger partial charge < -0.3 is 24.4 Å². The van der Waals surface area contributed by atoms with E-state index in [1.54, 1.807) is 48.8 Å². The number of piperidine rings is 1. The fourth-order valence-electron chi connectivity index (χ4n) is 8.89. The van der Waals surface area contributed by atoms with E-state index in [1.165, 1.54) is 0 Å². The number of nitrogens with one attached hydrogen (secondary N) is 2. The zero-order valence-corrected chi connectivity index (χ0v) is 34.1. The monoisotopic (exact) mass is 818 g/mol. The summed E-state index contributed by atoms with van der Waals surface area (Å²) in [6.07, 6.45) is 8.19. The standard InChI is InChI=1S/C44H50N8O8/c1-4-58-38-18-32(8-5-27(38)19-45)59-30-9-6-28(7-10-30)48-41(54)36-20-47-39(21-46-36)50-22-26(23-50)24-51(25(2)3)29-15-33(16-29)60-31-11-12-34-35(17-31)44(57)52(43(34)56)37-13-14-40(53)49-42(37)55/h5,8,11-12,17-18,20-21,25-26,28-30,33,37H,4,6-7,9-10,13-16,22-24H2,1-3H3,(H,48,54)(H,49,53,55). The number of anilines is 1. The Labute approximate surface area is 348 Å². The van der Waals surface area contributed by atoms with Gasteiger partial charge in [0.2, 0.25) is 11.8 Å². The van der Waals surface area contributed by atoms with Crippen LogP contribution in [-0.4, -0.2) is 112 Å². The number of benzene rings is 2. The highest BCUT2D eigenvalue weighted by atomic mass is 16.5. The Morgan fingerprint density at radius 3 is 2.33 bits per heavy atom. The summed E-state index contributed by atoms with van der Waals surface area (Å²) in [7, 11) is 0. The summed E-state index contributed by atoms with van der Waals surface area (Å²) >= 11 is 0. The molecular weight excluding hydrogens is 769 g/mol. The number of ether oxygens (including phenoxy) is 3. The molecule has 4 heterocycles. The summed E-state index contributed by atoms with van der Waals surface area (Å²) in [6, 6.07) is 12.0. The van der Waals surface area contributed by atoms with Crippen molar-refractivity contribution in [2.45, 2.75) is 109 Å². The van der Waals surface area contributed by atoms with Gasteiger partial charge in [0.1, 0.15) is 47.0 Å². The van der Waals surface area contributed by atoms with Gasteiger partial charge in [-0.3, -0.25) is 39.1 Å². The van der Waals surface area contributed by atoms with Crippen molar-refractivity contribution < 1.29 is 38.2 Å². The van der Waals surface area contributed by atoms with Gasteiger partial charge in [-0.1, -0.05) is 0 Å². The molecule has 314 valence electrons. The van der Waals surface area contributed by atoms with Gasteiger partial charge in [-0.15, -0.1) is 0 Å². The summed E-state index contributed by atoms with van der Waals surface area (Å²) < 4.78 is 18.0. The lowest BCUT2D eigenvalue weighted by atomic mass is 9.85. The first kappa shape index (κ1) is 40.7. The summed E-state index contributed by atoms with van der Waals surface area (Å²) in [5.41, 5.74) is 1.20. The number of hydrogen-bond donors (Lipinski definition) is 2. The number of imide groups is 2. The van der Waals surface area contributed by atoms with Crippen LogP contribution < -0.4 is 29.7 Å². The molecule has 0 radical (unpaired) electrons. The minimum Gasteiger partial charge on any atom is -0.492 e. The lowest BCUT2D eigenvalue weighted by Crippen LogP contribution is -2.58. The first-order chi connectivity index (χ1) is 29.0. The molecule has 5 aliphatic rings. The molecule has 0 bridgehead atoms. The minimum atomic E-state index is -1.01. The quantitative estimate of drug-likeness (QED) is 0.222. The molecule has 3 aromatic rings. The molecule has 2 N–H and O–H groups in total. The Morgan fingerprint density at radius 1 is 0.933 bits per heavy atom. The summed E-state index contributed by atoms with van der Waals surface area (Å²) in [6.45, 7) is 9.36. The molecule has 2 aromatic carbocycles. The molecular formula is C44H50N8O8. The maximum absolute atomic E-state index is 13.3. The molecule has 5 amide bonds. The van der Waals surface area contributed by atoms with Crippen LogP contribution in [0.15, 0.2) is 48.8 Å². The van der Waals surface area contributed by atoms with Gasteiger partial charge in [0, 0.05) is 69.0 Å². The van der Waals surface area contributed by atoms with Crippen LogP contribution in [0.4, 0.5) is 5.82 Å². The van der Waals surface area contributed by atoms with E-state index in [0.29, 0.717) is 47.4 Å². The molecule has 1 atom stereocenters. The van der Waals surface area contributed by atoms with Crippen LogP contribution in [0.25, 0.3) is 0 Å². The fourth-order valence-corrected chi connectivity index (χ4v) is 8.89. The lowest BCUT2D eigenvalue weighted by molar-refractivity contribution is -0.136. The van der Waals surface area contributed by atoms with Crippen molar-refractivity contribution in [3.63, 3.8) is 0 Å². The van der Waals surface area contributed by atoms with Gasteiger partial charge in [-0.25, -0.2) is 9.97 Å². The average Bonchev–Trinajstić information content (AvgIpc) is 3.45. The molecule has 2 aliphatic carbocycles. The third-order valence-electron chi connectivity index (χ3n) is 12.2. The summed E-state index contributed by atoms with van der Waals surface area (Å²) in [5.74, 6) is 0.525. The number of nitrogens with zero attached hydrogens (tertiary/aromatic N) is 6. The SMILES string of the molecule is CCOc1cc(OC2CCC(NC(=O)c3cnc(N4CC(CN(C(C)C)C5CC(Oc6ccc7c(c6)C(=O)N(C6CCC(=O)NC6=O)C7=O)C5)C4)cn3)CC2)ccc1C#N. The second-order valence-electron chi connectivity index (χ2n) is 16.6. The van der Waals surface area contributed by atoms with Crippen molar-refractivity contribution in [2.75, 3.05) is 31.1 Å². The number of hydrogen-bond acceptors (Lipinski definition) is 13. The Kier molecular flexibility index (Phi) is 11.7. The summed E-state index contributed by atoms with van der Waals surface area (Å²) in [5, 5.41) is 14.7. The van der Waals surface area contributed by atoms with Gasteiger partial charge in [0.15, 0.2) is 0 Å². The Balaban J connectivity index is 0.759. The molecule has 16 heteroatoms. The van der Waals surface area contributed by atoms with E-state index < -0.39 is 29.7 Å². The zero-order chi connectivity index (χ0) is 42.1. The van der Waals surface area contributed by atoms with Crippen LogP contribution in [0.2, 0.25) is 0 Å². The normalized spacial score (nSPS) is 24.0. The molecule has 1 aromatic heterocycles. The number of amides is 5. The molecule has 60 heavy (non-hydrogen) atoms. The van der Waals surface area contributed by atoms with Crippen molar-refractivity contribution in [2.24, 2.45) is 5.92 Å². The largest absolute Gasteiger partial charge is 0.492 e. The van der Waals surface area contributed by atoms with Gasteiger partial charge in [0.25, 0.3) is 17.7 Å². The molecule has 8 rings (SSSR count). The molecule has 3 aliphatic heterocycles. The van der Waals surface area contributed by atoms with Crippen LogP contribution in [0.3, 0.4) is 0 Å². The van der Waals surface area contributed by atoms with Gasteiger partial charge in [0.05, 0.1) is 41.8 Å². The molecule has 2 saturated carbocycles. The Hall–Kier alpha value is -6.08. The van der Waals surface area contributed by atoms with E-state index in [-0.39, 0.29) is 53.8 Å². The third-order valence-corrected chi connectivity index (χ3v) is 12.2. The predicted molar refractivity (Wildman–Crippen MR) is 217 cm³/mol. The van der Waals surface area contributed by atoms with Crippen LogP contribution in [0.1, 0.15) is 109 Å². The number of carbonyl (C=O) groups is 5. The van der Waals surface area contributed by atoms with E-state index in [2.05, 4.69) is 50.3 Å². The number of nitriles is 1. The van der Waals surface area contributed by atoms with Gasteiger partial charge >= 0.3 is 0 Å². The van der Waals surface area contributed by atoms with E-state index in [9.17, 15) is 29.2 Å². The highest BCUT2D eigenvalue weighted by Gasteiger charge is 2.45. The molecule has 1 unspecified atom stereocenters. The van der Waals surface area contributed by atoms with Crippen molar-refractivity contribution in [3.05, 3.63) is 71.2 Å². The smallest absolute Gasteiger partial charge is 0.271 e. The first-order valence-electron chi connectivity index (χ1n) is 21.0. The van der Waals surface area contributed by atoms with Crippen LogP contribution in [0, 0.1) is 17.2 Å². The molecule has 4 fully saturated rings. The van der Waals surface area contributed by atoms with E-state index in [1.807, 2.05) is 6.92 Å². The highest BCUT2D eigenvalue weighted by molar-refractivity contribution is 6.23. The molecule has 2 saturated heterocycles. The number of carbonyl (C=O) groups excluding carboxylic acids is 5. The third kappa shape index (κ3) is 8.49. The van der Waals surface area contributed by atoms with Crippen LogP contribution >= 0.6 is 0 Å². The maximum atomic E-state index is 13.3. The Bertz CT molecular complexity index is 2190. The first-order valence-corrected chi connectivity index (χ1v) is 21.0. The zero-order valence-electron chi connectivity index (χ0n) is 34.1. The summed E-state index contributed by atoms with van der Waals surface area (Å²) in [4.78, 5) is 78.1. The molecule has 16 nitrogen and oxygen atoms in total. The van der Waals surface area contributed by atoms with Gasteiger partial charge in [-0.05, 0) is 83.2 Å². The van der Waals surface area contributed by atoms with Gasteiger partial charge in [-0.2, -0.15) is 5.26 Å². The predicted octanol–water partition coefficient (Wildman–Crippen LogP) is 4.02. The minimum absolute atomic E-state index is 0.0152. The second kappa shape index (κ2) is 17.3. The van der Waals surface area contributed by atoms with Crippen molar-refractivity contribution in [1.82, 2.24) is 30.4 Å². The topological polar surface area (TPSA) is 196 Å². The highest BCUT2D eigenvalue weighted by Crippen LogP contribution is 2.36. The fraction of sp³-hybridized carbons (Fsp3) is 0.500. The van der Waals surface area contributed by atoms with E-state index in [4.69, 9.17) is 14.2 Å². The molecule has 0 spiro atoms. The number of fused-ring (bicyclic) bond motifs is 1. The maximum Gasteiger partial charge on any atom is 0.271 e. The van der Waals surface area contributed by atoms with Crippen molar-refractivity contribution in [3.8, 4) is 23.3 Å². The van der Waals surface area contributed by atoms with Crippen molar-refractivity contribution >= 4 is 35.4 Å². The van der Waals surface area contributed by atoms with E-state index >= 15 is 0 Å². The van der Waals surface area contributed by atoms with Crippen LogP contribution in [0.5, 0.6) is 17.2 Å². The van der Waals surface area contributed by atoms with Crippen molar-refractivity contribution in [1.29, 1.82) is 5.26 Å². The van der Waals surface area contributed by atoms with E-state index in [0.717, 1.165) is 68.9 Å². The number of rotatable bonds is 14. The number of aromatic nitrogens is 2.